The molecule has 6 nitrogen and oxygen atoms in total. The highest BCUT2D eigenvalue weighted by Gasteiger charge is 2.29. The van der Waals surface area contributed by atoms with Crippen molar-refractivity contribution in [1.82, 2.24) is 15.1 Å². The van der Waals surface area contributed by atoms with Crippen LogP contribution in [-0.4, -0.2) is 53.6 Å². The van der Waals surface area contributed by atoms with Crippen LogP contribution in [0.25, 0.3) is 11.1 Å². The van der Waals surface area contributed by atoms with E-state index >= 15 is 0 Å². The quantitative estimate of drug-likeness (QED) is 0.620. The number of carbonyl (C=O) groups excluding carboxylic acids is 2. The topological polar surface area (TPSA) is 61.9 Å². The standard InChI is InChI=1S/C29H39N3O3/c1-29(2,3)35-28(34)32-18-14-24(15-19-32)27(33)30-20-25-8-4-5-9-26(25)23-12-10-22(11-13-23)21-31-16-6-7-17-31/h4-5,8-13,24H,6-7,14-21H2,1-3H3,(H,30,33). The minimum absolute atomic E-state index is 0.0598. The first-order chi connectivity index (χ1) is 16.8. The van der Waals surface area contributed by atoms with Crippen LogP contribution in [0.4, 0.5) is 4.79 Å². The Hall–Kier alpha value is -2.86. The predicted octanol–water partition coefficient (Wildman–Crippen LogP) is 5.21. The lowest BCUT2D eigenvalue weighted by Gasteiger charge is -2.33. The van der Waals surface area contributed by atoms with Gasteiger partial charge in [0.2, 0.25) is 5.91 Å². The molecule has 188 valence electrons. The SMILES string of the molecule is CC(C)(C)OC(=O)N1CCC(C(=O)NCc2ccccc2-c2ccc(CN3CCCC3)cc2)CC1. The predicted molar refractivity (Wildman–Crippen MR) is 139 cm³/mol. The normalized spacial score (nSPS) is 17.4. The highest BCUT2D eigenvalue weighted by Crippen LogP contribution is 2.26. The summed E-state index contributed by atoms with van der Waals surface area (Å²) in [7, 11) is 0. The van der Waals surface area contributed by atoms with Crippen molar-refractivity contribution in [1.29, 1.82) is 0 Å². The summed E-state index contributed by atoms with van der Waals surface area (Å²) in [6.45, 7) is 10.6. The van der Waals surface area contributed by atoms with E-state index in [9.17, 15) is 9.59 Å². The van der Waals surface area contributed by atoms with Gasteiger partial charge >= 0.3 is 6.09 Å². The van der Waals surface area contributed by atoms with Gasteiger partial charge in [-0.3, -0.25) is 9.69 Å². The van der Waals surface area contributed by atoms with Crippen molar-refractivity contribution in [2.75, 3.05) is 26.2 Å². The van der Waals surface area contributed by atoms with Crippen molar-refractivity contribution in [3.8, 4) is 11.1 Å². The summed E-state index contributed by atoms with van der Waals surface area (Å²) in [5.74, 6) is -0.0182. The molecule has 2 aromatic carbocycles. The number of amides is 2. The summed E-state index contributed by atoms with van der Waals surface area (Å²) in [6, 6.07) is 17.1. The molecule has 0 aliphatic carbocycles. The molecule has 2 saturated heterocycles. The summed E-state index contributed by atoms with van der Waals surface area (Å²) in [5, 5.41) is 3.14. The zero-order chi connectivity index (χ0) is 24.8. The van der Waals surface area contributed by atoms with Crippen LogP contribution in [0.1, 0.15) is 57.6 Å². The smallest absolute Gasteiger partial charge is 0.410 e. The Bertz CT molecular complexity index is 999. The molecule has 2 aliphatic heterocycles. The maximum atomic E-state index is 12.9. The number of hydrogen-bond acceptors (Lipinski definition) is 4. The molecule has 0 unspecified atom stereocenters. The average molecular weight is 478 g/mol. The monoisotopic (exact) mass is 477 g/mol. The van der Waals surface area contributed by atoms with Gasteiger partial charge in [0.15, 0.2) is 0 Å². The van der Waals surface area contributed by atoms with Gasteiger partial charge in [0, 0.05) is 32.1 Å². The third kappa shape index (κ3) is 7.07. The molecule has 2 aromatic rings. The second kappa shape index (κ2) is 11.3. The van der Waals surface area contributed by atoms with Gasteiger partial charge in [0.1, 0.15) is 5.60 Å². The fourth-order valence-corrected chi connectivity index (χ4v) is 4.92. The fraction of sp³-hybridized carbons (Fsp3) is 0.517. The van der Waals surface area contributed by atoms with E-state index in [1.807, 2.05) is 32.9 Å². The lowest BCUT2D eigenvalue weighted by Crippen LogP contribution is -2.44. The van der Waals surface area contributed by atoms with E-state index in [1.54, 1.807) is 4.90 Å². The maximum Gasteiger partial charge on any atom is 0.410 e. The third-order valence-electron chi connectivity index (χ3n) is 6.86. The van der Waals surface area contributed by atoms with Crippen LogP contribution >= 0.6 is 0 Å². The molecule has 1 N–H and O–H groups in total. The molecule has 2 aliphatic rings. The minimum atomic E-state index is -0.507. The van der Waals surface area contributed by atoms with E-state index in [2.05, 4.69) is 46.6 Å². The Morgan fingerprint density at radius 2 is 1.60 bits per heavy atom. The Morgan fingerprint density at radius 3 is 2.26 bits per heavy atom. The second-order valence-corrected chi connectivity index (χ2v) is 10.8. The van der Waals surface area contributed by atoms with E-state index in [1.165, 1.54) is 37.1 Å². The highest BCUT2D eigenvalue weighted by molar-refractivity contribution is 5.79. The van der Waals surface area contributed by atoms with Crippen LogP contribution in [0.3, 0.4) is 0 Å². The molecule has 2 heterocycles. The first kappa shape index (κ1) is 25.2. The molecule has 0 saturated carbocycles. The minimum Gasteiger partial charge on any atom is -0.444 e. The van der Waals surface area contributed by atoms with Gasteiger partial charge in [-0.25, -0.2) is 4.79 Å². The lowest BCUT2D eigenvalue weighted by molar-refractivity contribution is -0.126. The maximum absolute atomic E-state index is 12.9. The van der Waals surface area contributed by atoms with Gasteiger partial charge in [0.25, 0.3) is 0 Å². The van der Waals surface area contributed by atoms with Crippen molar-refractivity contribution in [3.05, 3.63) is 59.7 Å². The van der Waals surface area contributed by atoms with Crippen LogP contribution in [0, 0.1) is 5.92 Å². The van der Waals surface area contributed by atoms with Gasteiger partial charge in [0.05, 0.1) is 0 Å². The number of nitrogens with zero attached hydrogens (tertiary/aromatic N) is 2. The van der Waals surface area contributed by atoms with Gasteiger partial charge in [-0.2, -0.15) is 0 Å². The summed E-state index contributed by atoms with van der Waals surface area (Å²) in [5.41, 5.74) is 4.27. The van der Waals surface area contributed by atoms with Crippen LogP contribution in [-0.2, 0) is 22.6 Å². The van der Waals surface area contributed by atoms with Crippen LogP contribution < -0.4 is 5.32 Å². The van der Waals surface area contributed by atoms with Crippen molar-refractivity contribution in [3.63, 3.8) is 0 Å². The molecule has 35 heavy (non-hydrogen) atoms. The van der Waals surface area contributed by atoms with Gasteiger partial charge in [-0.15, -0.1) is 0 Å². The molecular formula is C29H39N3O3. The van der Waals surface area contributed by atoms with Gasteiger partial charge in [-0.05, 0) is 81.8 Å². The zero-order valence-corrected chi connectivity index (χ0v) is 21.4. The van der Waals surface area contributed by atoms with Crippen LogP contribution in [0.5, 0.6) is 0 Å². The summed E-state index contributed by atoms with van der Waals surface area (Å²) in [6.07, 6.45) is 3.63. The number of likely N-dealkylation sites (tertiary alicyclic amines) is 2. The van der Waals surface area contributed by atoms with Crippen molar-refractivity contribution in [2.45, 2.75) is 65.1 Å². The van der Waals surface area contributed by atoms with E-state index in [0.717, 1.165) is 17.7 Å². The van der Waals surface area contributed by atoms with Gasteiger partial charge < -0.3 is 15.0 Å². The molecule has 0 aromatic heterocycles. The molecule has 4 rings (SSSR count). The molecule has 0 atom stereocenters. The Balaban J connectivity index is 1.30. The fourth-order valence-electron chi connectivity index (χ4n) is 4.92. The summed E-state index contributed by atoms with van der Waals surface area (Å²) < 4.78 is 5.46. The van der Waals surface area contributed by atoms with Crippen LogP contribution in [0.2, 0.25) is 0 Å². The number of carbonyl (C=O) groups is 2. The molecule has 0 radical (unpaired) electrons. The molecule has 0 spiro atoms. The lowest BCUT2D eigenvalue weighted by atomic mass is 9.95. The van der Waals surface area contributed by atoms with E-state index in [-0.39, 0.29) is 17.9 Å². The number of hydrogen-bond donors (Lipinski definition) is 1. The average Bonchev–Trinajstić information content (AvgIpc) is 3.35. The Labute approximate surface area is 209 Å². The first-order valence-electron chi connectivity index (χ1n) is 12.9. The number of rotatable bonds is 6. The first-order valence-corrected chi connectivity index (χ1v) is 12.9. The van der Waals surface area contributed by atoms with Crippen molar-refractivity contribution >= 4 is 12.0 Å². The highest BCUT2D eigenvalue weighted by atomic mass is 16.6. The molecular weight excluding hydrogens is 438 g/mol. The third-order valence-corrected chi connectivity index (χ3v) is 6.86. The Kier molecular flexibility index (Phi) is 8.11. The molecule has 2 amide bonds. The molecule has 0 bridgehead atoms. The summed E-state index contributed by atoms with van der Waals surface area (Å²) in [4.78, 5) is 29.4. The van der Waals surface area contributed by atoms with E-state index in [4.69, 9.17) is 4.74 Å². The van der Waals surface area contributed by atoms with Crippen LogP contribution in [0.15, 0.2) is 48.5 Å². The number of nitrogens with one attached hydrogen (secondary N) is 1. The summed E-state index contributed by atoms with van der Waals surface area (Å²) >= 11 is 0. The van der Waals surface area contributed by atoms with E-state index < -0.39 is 5.60 Å². The number of ether oxygens (including phenoxy) is 1. The zero-order valence-electron chi connectivity index (χ0n) is 21.4. The largest absolute Gasteiger partial charge is 0.444 e. The molecule has 2 fully saturated rings. The van der Waals surface area contributed by atoms with E-state index in [0.29, 0.717) is 32.5 Å². The number of piperidine rings is 1. The van der Waals surface area contributed by atoms with Gasteiger partial charge in [-0.1, -0.05) is 48.5 Å². The van der Waals surface area contributed by atoms with Crippen molar-refractivity contribution in [2.24, 2.45) is 5.92 Å². The van der Waals surface area contributed by atoms with Crippen molar-refractivity contribution < 1.29 is 14.3 Å². The Morgan fingerprint density at radius 1 is 0.943 bits per heavy atom. The second-order valence-electron chi connectivity index (χ2n) is 10.8. The molecule has 6 heteroatoms. The number of benzene rings is 2.